The molecule has 2 aromatic rings. The fourth-order valence-electron chi connectivity index (χ4n) is 3.40. The second-order valence-electron chi connectivity index (χ2n) is 6.50. The molecule has 5 nitrogen and oxygen atoms in total. The molecule has 1 aliphatic rings. The number of aromatic nitrogens is 1. The Kier molecular flexibility index (Phi) is 4.11. The number of nitrogens with zero attached hydrogens (tertiary/aromatic N) is 2. The van der Waals surface area contributed by atoms with E-state index in [0.717, 1.165) is 36.0 Å². The molecule has 0 aliphatic carbocycles. The second kappa shape index (κ2) is 6.07. The molecule has 23 heavy (non-hydrogen) atoms. The summed E-state index contributed by atoms with van der Waals surface area (Å²) in [5, 5.41) is 10.2. The quantitative estimate of drug-likeness (QED) is 0.946. The Morgan fingerprint density at radius 1 is 1.26 bits per heavy atom. The molecule has 1 unspecified atom stereocenters. The highest BCUT2D eigenvalue weighted by molar-refractivity contribution is 5.83. The van der Waals surface area contributed by atoms with E-state index >= 15 is 0 Å². The lowest BCUT2D eigenvalue weighted by Crippen LogP contribution is -2.38. The average Bonchev–Trinajstić information content (AvgIpc) is 2.54. The average molecular weight is 314 g/mol. The Labute approximate surface area is 135 Å². The number of carboxylic acids is 1. The number of fused-ring (bicyclic) bond motifs is 1. The fourth-order valence-corrected chi connectivity index (χ4v) is 3.40. The first-order chi connectivity index (χ1) is 11.0. The number of benzene rings is 1. The third-order valence-corrected chi connectivity index (χ3v) is 4.57. The van der Waals surface area contributed by atoms with Crippen LogP contribution in [0.4, 0.5) is 5.69 Å². The summed E-state index contributed by atoms with van der Waals surface area (Å²) in [6.07, 6.45) is 1.63. The van der Waals surface area contributed by atoms with Crippen LogP contribution in [0.15, 0.2) is 35.1 Å². The van der Waals surface area contributed by atoms with Crippen molar-refractivity contribution in [2.75, 3.05) is 18.0 Å². The van der Waals surface area contributed by atoms with Crippen molar-refractivity contribution in [3.8, 4) is 0 Å². The number of pyridine rings is 1. The van der Waals surface area contributed by atoms with Crippen LogP contribution in [-0.4, -0.2) is 28.7 Å². The molecule has 3 rings (SSSR count). The van der Waals surface area contributed by atoms with Crippen molar-refractivity contribution in [2.45, 2.75) is 32.7 Å². The molecule has 0 amide bonds. The SMILES string of the molecule is CC(C)n1c(=O)ccc2cc(N3CCCC(C(=O)O)C3)ccc21. The summed E-state index contributed by atoms with van der Waals surface area (Å²) < 4.78 is 1.79. The molecule has 1 aromatic carbocycles. The topological polar surface area (TPSA) is 62.5 Å². The van der Waals surface area contributed by atoms with Gasteiger partial charge < -0.3 is 14.6 Å². The lowest BCUT2D eigenvalue weighted by atomic mass is 9.97. The van der Waals surface area contributed by atoms with Crippen LogP contribution in [-0.2, 0) is 4.79 Å². The standard InChI is InChI=1S/C18H22N2O3/c1-12(2)20-16-7-6-15(10-13(16)5-8-17(20)21)19-9-3-4-14(11-19)18(22)23/h5-8,10,12,14H,3-4,9,11H2,1-2H3,(H,22,23). The lowest BCUT2D eigenvalue weighted by Gasteiger charge is -2.32. The van der Waals surface area contributed by atoms with E-state index < -0.39 is 5.97 Å². The van der Waals surface area contributed by atoms with E-state index in [-0.39, 0.29) is 17.5 Å². The summed E-state index contributed by atoms with van der Waals surface area (Å²) in [6.45, 7) is 5.41. The van der Waals surface area contributed by atoms with Gasteiger partial charge in [-0.15, -0.1) is 0 Å². The zero-order valence-electron chi connectivity index (χ0n) is 13.5. The number of piperidine rings is 1. The van der Waals surface area contributed by atoms with Gasteiger partial charge in [-0.3, -0.25) is 9.59 Å². The van der Waals surface area contributed by atoms with Gasteiger partial charge in [0.15, 0.2) is 0 Å². The van der Waals surface area contributed by atoms with Gasteiger partial charge in [0.05, 0.1) is 11.4 Å². The predicted molar refractivity (Wildman–Crippen MR) is 91.2 cm³/mol. The van der Waals surface area contributed by atoms with Crippen LogP contribution in [0, 0.1) is 5.92 Å². The van der Waals surface area contributed by atoms with Crippen molar-refractivity contribution < 1.29 is 9.90 Å². The Hall–Kier alpha value is -2.30. The van der Waals surface area contributed by atoms with E-state index in [9.17, 15) is 14.7 Å². The van der Waals surface area contributed by atoms with Crippen molar-refractivity contribution in [1.29, 1.82) is 0 Å². The van der Waals surface area contributed by atoms with Crippen LogP contribution < -0.4 is 10.5 Å². The van der Waals surface area contributed by atoms with Gasteiger partial charge in [-0.2, -0.15) is 0 Å². The zero-order valence-corrected chi connectivity index (χ0v) is 13.5. The molecule has 1 atom stereocenters. The first-order valence-electron chi connectivity index (χ1n) is 8.10. The highest BCUT2D eigenvalue weighted by atomic mass is 16.4. The van der Waals surface area contributed by atoms with Gasteiger partial charge in [-0.25, -0.2) is 0 Å². The van der Waals surface area contributed by atoms with Gasteiger partial charge >= 0.3 is 5.97 Å². The minimum atomic E-state index is -0.718. The van der Waals surface area contributed by atoms with Gasteiger partial charge in [-0.1, -0.05) is 0 Å². The number of rotatable bonds is 3. The predicted octanol–water partition coefficient (Wildman–Crippen LogP) is 2.88. The smallest absolute Gasteiger partial charge is 0.308 e. The minimum absolute atomic E-state index is 0.00386. The van der Waals surface area contributed by atoms with E-state index in [0.29, 0.717) is 6.54 Å². The molecular weight excluding hydrogens is 292 g/mol. The normalized spacial score (nSPS) is 18.6. The van der Waals surface area contributed by atoms with Crippen LogP contribution in [0.25, 0.3) is 10.9 Å². The van der Waals surface area contributed by atoms with Crippen molar-refractivity contribution in [3.63, 3.8) is 0 Å². The van der Waals surface area contributed by atoms with Gasteiger partial charge in [0.25, 0.3) is 5.56 Å². The maximum absolute atomic E-state index is 12.1. The molecule has 1 aromatic heterocycles. The lowest BCUT2D eigenvalue weighted by molar-refractivity contribution is -0.141. The molecule has 1 fully saturated rings. The van der Waals surface area contributed by atoms with Crippen LogP contribution >= 0.6 is 0 Å². The number of hydrogen-bond donors (Lipinski definition) is 1. The van der Waals surface area contributed by atoms with Crippen LogP contribution in [0.1, 0.15) is 32.7 Å². The largest absolute Gasteiger partial charge is 0.481 e. The zero-order chi connectivity index (χ0) is 16.6. The summed E-state index contributed by atoms with van der Waals surface area (Å²) in [5.74, 6) is -1.02. The number of anilines is 1. The number of carboxylic acid groups (broad SMARTS) is 1. The van der Waals surface area contributed by atoms with Crippen LogP contribution in [0.5, 0.6) is 0 Å². The van der Waals surface area contributed by atoms with E-state index in [1.165, 1.54) is 0 Å². The van der Waals surface area contributed by atoms with Gasteiger partial charge in [0.2, 0.25) is 0 Å². The van der Waals surface area contributed by atoms with Gasteiger partial charge in [0.1, 0.15) is 0 Å². The molecule has 1 saturated heterocycles. The minimum Gasteiger partial charge on any atom is -0.481 e. The van der Waals surface area contributed by atoms with Crippen molar-refractivity contribution in [1.82, 2.24) is 4.57 Å². The summed E-state index contributed by atoms with van der Waals surface area (Å²) in [6, 6.07) is 9.56. The monoisotopic (exact) mass is 314 g/mol. The summed E-state index contributed by atoms with van der Waals surface area (Å²) in [7, 11) is 0. The molecule has 0 bridgehead atoms. The summed E-state index contributed by atoms with van der Waals surface area (Å²) >= 11 is 0. The van der Waals surface area contributed by atoms with Gasteiger partial charge in [-0.05, 0) is 51.0 Å². The number of carbonyl (C=O) groups is 1. The molecule has 122 valence electrons. The number of aliphatic carboxylic acids is 1. The molecule has 1 aliphatic heterocycles. The highest BCUT2D eigenvalue weighted by Crippen LogP contribution is 2.27. The van der Waals surface area contributed by atoms with E-state index in [2.05, 4.69) is 11.0 Å². The Morgan fingerprint density at radius 3 is 2.74 bits per heavy atom. The summed E-state index contributed by atoms with van der Waals surface area (Å²) in [5.41, 5.74) is 1.95. The van der Waals surface area contributed by atoms with E-state index in [4.69, 9.17) is 0 Å². The maximum Gasteiger partial charge on any atom is 0.308 e. The number of hydrogen-bond acceptors (Lipinski definition) is 3. The molecule has 1 N–H and O–H groups in total. The Bertz CT molecular complexity index is 794. The Balaban J connectivity index is 1.99. The Morgan fingerprint density at radius 2 is 2.04 bits per heavy atom. The van der Waals surface area contributed by atoms with E-state index in [1.54, 1.807) is 10.6 Å². The van der Waals surface area contributed by atoms with Gasteiger partial charge in [0, 0.05) is 36.3 Å². The fraction of sp³-hybridized carbons (Fsp3) is 0.444. The molecule has 5 heteroatoms. The molecular formula is C18H22N2O3. The third-order valence-electron chi connectivity index (χ3n) is 4.57. The van der Waals surface area contributed by atoms with Crippen molar-refractivity contribution >= 4 is 22.6 Å². The highest BCUT2D eigenvalue weighted by Gasteiger charge is 2.25. The second-order valence-corrected chi connectivity index (χ2v) is 6.50. The first-order valence-corrected chi connectivity index (χ1v) is 8.10. The molecule has 0 spiro atoms. The van der Waals surface area contributed by atoms with Crippen molar-refractivity contribution in [3.05, 3.63) is 40.7 Å². The maximum atomic E-state index is 12.1. The van der Waals surface area contributed by atoms with Crippen LogP contribution in [0.2, 0.25) is 0 Å². The summed E-state index contributed by atoms with van der Waals surface area (Å²) in [4.78, 5) is 25.4. The molecule has 0 saturated carbocycles. The van der Waals surface area contributed by atoms with Crippen molar-refractivity contribution in [2.24, 2.45) is 5.92 Å². The molecule has 0 radical (unpaired) electrons. The third kappa shape index (κ3) is 2.96. The van der Waals surface area contributed by atoms with E-state index in [1.807, 2.05) is 32.0 Å². The molecule has 2 heterocycles. The van der Waals surface area contributed by atoms with Crippen LogP contribution in [0.3, 0.4) is 0 Å². The first kappa shape index (κ1) is 15.6.